The molecule has 1 amide bonds. The summed E-state index contributed by atoms with van der Waals surface area (Å²) < 4.78 is 10.1. The van der Waals surface area contributed by atoms with Crippen LogP contribution in [0.5, 0.6) is 0 Å². The molecule has 0 aromatic rings. The zero-order valence-corrected chi connectivity index (χ0v) is 8.01. The van der Waals surface area contributed by atoms with E-state index >= 15 is 0 Å². The van der Waals surface area contributed by atoms with E-state index in [2.05, 4.69) is 5.32 Å². The predicted molar refractivity (Wildman–Crippen MR) is 47.2 cm³/mol. The average Bonchev–Trinajstić information content (AvgIpc) is 2.26. The van der Waals surface area contributed by atoms with Gasteiger partial charge in [0.15, 0.2) is 12.2 Å². The van der Waals surface area contributed by atoms with Crippen LogP contribution in [0.25, 0.3) is 0 Å². The Kier molecular flexibility index (Phi) is 4.47. The standard InChI is InChI=1S/C8H13NO6/c10-5(8(12)13)3-9-7(11)6-4-14-1-2-15-6/h5-6,10H,1-4H2,(H,9,11)(H,12,13). The van der Waals surface area contributed by atoms with Gasteiger partial charge in [-0.2, -0.15) is 0 Å². The van der Waals surface area contributed by atoms with Gasteiger partial charge in [0.1, 0.15) is 0 Å². The van der Waals surface area contributed by atoms with Crippen LogP contribution >= 0.6 is 0 Å². The summed E-state index contributed by atoms with van der Waals surface area (Å²) >= 11 is 0. The summed E-state index contributed by atoms with van der Waals surface area (Å²) in [5, 5.41) is 19.5. The highest BCUT2D eigenvalue weighted by molar-refractivity contribution is 5.82. The summed E-state index contributed by atoms with van der Waals surface area (Å²) in [6, 6.07) is 0. The van der Waals surface area contributed by atoms with E-state index in [1.165, 1.54) is 0 Å². The molecule has 0 aliphatic carbocycles. The van der Waals surface area contributed by atoms with Gasteiger partial charge in [-0.1, -0.05) is 0 Å². The third-order valence-corrected chi connectivity index (χ3v) is 1.86. The van der Waals surface area contributed by atoms with Crippen LogP contribution in [0.3, 0.4) is 0 Å². The molecule has 0 saturated carbocycles. The van der Waals surface area contributed by atoms with Gasteiger partial charge in [0, 0.05) is 0 Å². The maximum atomic E-state index is 11.3. The lowest BCUT2D eigenvalue weighted by molar-refractivity contribution is -0.150. The molecule has 0 bridgehead atoms. The molecule has 0 radical (unpaired) electrons. The molecule has 7 nitrogen and oxygen atoms in total. The van der Waals surface area contributed by atoms with Crippen molar-refractivity contribution in [2.45, 2.75) is 12.2 Å². The molecule has 3 N–H and O–H groups in total. The first kappa shape index (κ1) is 11.9. The zero-order chi connectivity index (χ0) is 11.3. The summed E-state index contributed by atoms with van der Waals surface area (Å²) in [5.41, 5.74) is 0. The minimum Gasteiger partial charge on any atom is -0.479 e. The number of carbonyl (C=O) groups is 2. The van der Waals surface area contributed by atoms with Crippen LogP contribution in [0.4, 0.5) is 0 Å². The number of ether oxygens (including phenoxy) is 2. The molecule has 1 saturated heterocycles. The Morgan fingerprint density at radius 3 is 2.73 bits per heavy atom. The molecule has 0 spiro atoms. The number of hydrogen-bond donors (Lipinski definition) is 3. The molecule has 7 heteroatoms. The quantitative estimate of drug-likeness (QED) is 0.503. The fourth-order valence-corrected chi connectivity index (χ4v) is 1.04. The zero-order valence-electron chi connectivity index (χ0n) is 8.01. The lowest BCUT2D eigenvalue weighted by Crippen LogP contribution is -2.46. The molecular formula is C8H13NO6. The van der Waals surface area contributed by atoms with Crippen molar-refractivity contribution in [2.24, 2.45) is 0 Å². The molecule has 2 atom stereocenters. The first-order chi connectivity index (χ1) is 7.11. The Bertz CT molecular complexity index is 237. The maximum absolute atomic E-state index is 11.3. The number of carboxylic acid groups (broad SMARTS) is 1. The number of carbonyl (C=O) groups excluding carboxylic acids is 1. The number of nitrogens with one attached hydrogen (secondary N) is 1. The van der Waals surface area contributed by atoms with Crippen LogP contribution in [0.1, 0.15) is 0 Å². The van der Waals surface area contributed by atoms with Crippen molar-refractivity contribution >= 4 is 11.9 Å². The van der Waals surface area contributed by atoms with Crippen LogP contribution in [-0.4, -0.2) is 60.7 Å². The fraction of sp³-hybridized carbons (Fsp3) is 0.750. The van der Waals surface area contributed by atoms with E-state index in [1.54, 1.807) is 0 Å². The number of aliphatic hydroxyl groups excluding tert-OH is 1. The molecule has 1 rings (SSSR count). The first-order valence-electron chi connectivity index (χ1n) is 4.49. The van der Waals surface area contributed by atoms with Crippen molar-refractivity contribution in [1.29, 1.82) is 0 Å². The van der Waals surface area contributed by atoms with E-state index in [-0.39, 0.29) is 13.2 Å². The highest BCUT2D eigenvalue weighted by atomic mass is 16.6. The third kappa shape index (κ3) is 3.82. The highest BCUT2D eigenvalue weighted by Gasteiger charge is 2.23. The SMILES string of the molecule is O=C(O)C(O)CNC(=O)C1COCCO1. The summed E-state index contributed by atoms with van der Waals surface area (Å²) in [4.78, 5) is 21.5. The molecule has 1 fully saturated rings. The van der Waals surface area contributed by atoms with E-state index < -0.39 is 24.1 Å². The Morgan fingerprint density at radius 1 is 1.47 bits per heavy atom. The molecule has 0 aromatic carbocycles. The van der Waals surface area contributed by atoms with Gasteiger partial charge in [0.25, 0.3) is 5.91 Å². The number of aliphatic hydroxyl groups is 1. The van der Waals surface area contributed by atoms with E-state index in [9.17, 15) is 9.59 Å². The van der Waals surface area contributed by atoms with Crippen molar-refractivity contribution < 1.29 is 29.3 Å². The normalized spacial score (nSPS) is 23.1. The Hall–Kier alpha value is -1.18. The van der Waals surface area contributed by atoms with Gasteiger partial charge in [-0.05, 0) is 0 Å². The van der Waals surface area contributed by atoms with Gasteiger partial charge in [0.05, 0.1) is 26.4 Å². The van der Waals surface area contributed by atoms with Crippen molar-refractivity contribution in [3.05, 3.63) is 0 Å². The average molecular weight is 219 g/mol. The summed E-state index contributed by atoms with van der Waals surface area (Å²) in [7, 11) is 0. The molecule has 1 aliphatic heterocycles. The second-order valence-corrected chi connectivity index (χ2v) is 3.03. The van der Waals surface area contributed by atoms with Gasteiger partial charge in [-0.25, -0.2) is 4.79 Å². The number of rotatable bonds is 4. The van der Waals surface area contributed by atoms with Crippen LogP contribution in [0.2, 0.25) is 0 Å². The topological polar surface area (TPSA) is 105 Å². The van der Waals surface area contributed by atoms with Gasteiger partial charge >= 0.3 is 5.97 Å². The number of aliphatic carboxylic acids is 1. The molecule has 1 aliphatic rings. The van der Waals surface area contributed by atoms with Crippen LogP contribution in [0, 0.1) is 0 Å². The number of hydrogen-bond acceptors (Lipinski definition) is 5. The van der Waals surface area contributed by atoms with Crippen LogP contribution in [0.15, 0.2) is 0 Å². The van der Waals surface area contributed by atoms with Crippen molar-refractivity contribution in [2.75, 3.05) is 26.4 Å². The second kappa shape index (κ2) is 5.64. The molecule has 86 valence electrons. The van der Waals surface area contributed by atoms with E-state index in [4.69, 9.17) is 19.7 Å². The Balaban J connectivity index is 2.25. The molecule has 15 heavy (non-hydrogen) atoms. The maximum Gasteiger partial charge on any atom is 0.334 e. The monoisotopic (exact) mass is 219 g/mol. The van der Waals surface area contributed by atoms with Crippen LogP contribution in [-0.2, 0) is 19.1 Å². The van der Waals surface area contributed by atoms with E-state index in [0.29, 0.717) is 13.2 Å². The highest BCUT2D eigenvalue weighted by Crippen LogP contribution is 2.00. The molecule has 0 aromatic heterocycles. The fourth-order valence-electron chi connectivity index (χ4n) is 1.04. The number of amides is 1. The minimum absolute atomic E-state index is 0.148. The van der Waals surface area contributed by atoms with E-state index in [0.717, 1.165) is 0 Å². The summed E-state index contributed by atoms with van der Waals surface area (Å²) in [5.74, 6) is -1.86. The molecule has 1 heterocycles. The molecular weight excluding hydrogens is 206 g/mol. The second-order valence-electron chi connectivity index (χ2n) is 3.03. The lowest BCUT2D eigenvalue weighted by Gasteiger charge is -2.22. The van der Waals surface area contributed by atoms with Crippen molar-refractivity contribution in [3.8, 4) is 0 Å². The molecule has 2 unspecified atom stereocenters. The van der Waals surface area contributed by atoms with E-state index in [1.807, 2.05) is 0 Å². The first-order valence-corrected chi connectivity index (χ1v) is 4.49. The Morgan fingerprint density at radius 2 is 2.20 bits per heavy atom. The largest absolute Gasteiger partial charge is 0.479 e. The Labute approximate surface area is 86.0 Å². The summed E-state index contributed by atoms with van der Waals surface area (Å²) in [6.45, 7) is 0.587. The minimum atomic E-state index is -1.60. The predicted octanol–water partition coefficient (Wildman–Crippen LogP) is -2.04. The van der Waals surface area contributed by atoms with Crippen molar-refractivity contribution in [1.82, 2.24) is 5.32 Å². The third-order valence-electron chi connectivity index (χ3n) is 1.86. The smallest absolute Gasteiger partial charge is 0.334 e. The van der Waals surface area contributed by atoms with Crippen molar-refractivity contribution in [3.63, 3.8) is 0 Å². The van der Waals surface area contributed by atoms with Gasteiger partial charge in [-0.15, -0.1) is 0 Å². The van der Waals surface area contributed by atoms with Crippen LogP contribution < -0.4 is 5.32 Å². The lowest BCUT2D eigenvalue weighted by atomic mass is 10.3. The van der Waals surface area contributed by atoms with Gasteiger partial charge < -0.3 is 25.0 Å². The van der Waals surface area contributed by atoms with Gasteiger partial charge in [-0.3, -0.25) is 4.79 Å². The summed E-state index contributed by atoms with van der Waals surface area (Å²) in [6.07, 6.45) is -2.32. The number of carboxylic acids is 1. The van der Waals surface area contributed by atoms with Gasteiger partial charge in [0.2, 0.25) is 0 Å².